The van der Waals surface area contributed by atoms with Crippen LogP contribution in [0.4, 0.5) is 8.78 Å². The molecule has 0 amide bonds. The first-order chi connectivity index (χ1) is 10.1. The van der Waals surface area contributed by atoms with Gasteiger partial charge >= 0.3 is 0 Å². The van der Waals surface area contributed by atoms with E-state index in [4.69, 9.17) is 4.74 Å². The summed E-state index contributed by atoms with van der Waals surface area (Å²) in [4.78, 5) is 4.35. The normalized spacial score (nSPS) is 10.7. The van der Waals surface area contributed by atoms with Crippen LogP contribution in [-0.2, 0) is 13.0 Å². The molecule has 0 aliphatic carbocycles. The van der Waals surface area contributed by atoms with E-state index in [-0.39, 0.29) is 5.75 Å². The molecule has 5 heteroatoms. The minimum absolute atomic E-state index is 0.0343. The molecule has 21 heavy (non-hydrogen) atoms. The zero-order chi connectivity index (χ0) is 15.2. The minimum atomic E-state index is -0.743. The van der Waals surface area contributed by atoms with Crippen LogP contribution in [0.3, 0.4) is 0 Å². The standard InChI is InChI=1S/C16H18F2N2O/c1-3-4-13-7-11(10-19-2)8-16(20-13)21-15-6-5-12(17)9-14(15)18/h5-9,19H,3-4,10H2,1-2H3. The summed E-state index contributed by atoms with van der Waals surface area (Å²) >= 11 is 0. The van der Waals surface area contributed by atoms with Crippen molar-refractivity contribution in [2.75, 3.05) is 7.05 Å². The van der Waals surface area contributed by atoms with Crippen LogP contribution in [0.2, 0.25) is 0 Å². The van der Waals surface area contributed by atoms with Crippen LogP contribution in [0.15, 0.2) is 30.3 Å². The van der Waals surface area contributed by atoms with Crippen LogP contribution in [0.25, 0.3) is 0 Å². The lowest BCUT2D eigenvalue weighted by Gasteiger charge is -2.10. The topological polar surface area (TPSA) is 34.1 Å². The molecule has 0 saturated heterocycles. The van der Waals surface area contributed by atoms with Crippen LogP contribution in [0.1, 0.15) is 24.6 Å². The van der Waals surface area contributed by atoms with Crippen molar-refractivity contribution in [1.29, 1.82) is 0 Å². The predicted octanol–water partition coefficient (Wildman–Crippen LogP) is 3.82. The van der Waals surface area contributed by atoms with Crippen molar-refractivity contribution in [2.45, 2.75) is 26.3 Å². The van der Waals surface area contributed by atoms with E-state index in [9.17, 15) is 8.78 Å². The molecule has 0 radical (unpaired) electrons. The summed E-state index contributed by atoms with van der Waals surface area (Å²) in [6.07, 6.45) is 1.78. The molecule has 0 fully saturated rings. The smallest absolute Gasteiger partial charge is 0.219 e. The lowest BCUT2D eigenvalue weighted by atomic mass is 10.1. The van der Waals surface area contributed by atoms with Gasteiger partial charge in [0.15, 0.2) is 11.6 Å². The monoisotopic (exact) mass is 292 g/mol. The number of hydrogen-bond acceptors (Lipinski definition) is 3. The number of nitrogens with one attached hydrogen (secondary N) is 1. The SMILES string of the molecule is CCCc1cc(CNC)cc(Oc2ccc(F)cc2F)n1. The summed E-state index contributed by atoms with van der Waals surface area (Å²) < 4.78 is 32.0. The highest BCUT2D eigenvalue weighted by atomic mass is 19.1. The van der Waals surface area contributed by atoms with Crippen molar-refractivity contribution in [2.24, 2.45) is 0 Å². The van der Waals surface area contributed by atoms with Gasteiger partial charge in [-0.15, -0.1) is 0 Å². The Morgan fingerprint density at radius 2 is 2.00 bits per heavy atom. The summed E-state index contributed by atoms with van der Waals surface area (Å²) in [5.41, 5.74) is 1.90. The van der Waals surface area contributed by atoms with Gasteiger partial charge < -0.3 is 10.1 Å². The minimum Gasteiger partial charge on any atom is -0.436 e. The fraction of sp³-hybridized carbons (Fsp3) is 0.312. The molecule has 1 heterocycles. The molecule has 112 valence electrons. The van der Waals surface area contributed by atoms with Crippen molar-refractivity contribution >= 4 is 0 Å². The molecule has 1 N–H and O–H groups in total. The molecule has 0 atom stereocenters. The number of ether oxygens (including phenoxy) is 1. The average Bonchev–Trinajstić information content (AvgIpc) is 2.42. The van der Waals surface area contributed by atoms with Crippen molar-refractivity contribution in [1.82, 2.24) is 10.3 Å². The van der Waals surface area contributed by atoms with Crippen molar-refractivity contribution in [3.05, 3.63) is 53.2 Å². The van der Waals surface area contributed by atoms with Crippen molar-refractivity contribution < 1.29 is 13.5 Å². The fourth-order valence-electron chi connectivity index (χ4n) is 2.03. The van der Waals surface area contributed by atoms with E-state index in [1.807, 2.05) is 13.1 Å². The second-order valence-electron chi connectivity index (χ2n) is 4.76. The van der Waals surface area contributed by atoms with Gasteiger partial charge in [0.1, 0.15) is 5.82 Å². The van der Waals surface area contributed by atoms with Gasteiger partial charge in [0.2, 0.25) is 5.88 Å². The second kappa shape index (κ2) is 7.13. The first kappa shape index (κ1) is 15.4. The zero-order valence-electron chi connectivity index (χ0n) is 12.1. The second-order valence-corrected chi connectivity index (χ2v) is 4.76. The summed E-state index contributed by atoms with van der Waals surface area (Å²) in [5.74, 6) is -1.10. The van der Waals surface area contributed by atoms with E-state index >= 15 is 0 Å². The quantitative estimate of drug-likeness (QED) is 0.878. The summed E-state index contributed by atoms with van der Waals surface area (Å²) in [6, 6.07) is 6.95. The predicted molar refractivity (Wildman–Crippen MR) is 77.4 cm³/mol. The number of nitrogens with zero attached hydrogens (tertiary/aromatic N) is 1. The third-order valence-corrected chi connectivity index (χ3v) is 2.91. The van der Waals surface area contributed by atoms with Gasteiger partial charge in [-0.3, -0.25) is 0 Å². The lowest BCUT2D eigenvalue weighted by molar-refractivity contribution is 0.421. The Morgan fingerprint density at radius 1 is 1.19 bits per heavy atom. The molecule has 1 aromatic carbocycles. The van der Waals surface area contributed by atoms with Crippen molar-refractivity contribution in [3.63, 3.8) is 0 Å². The molecule has 2 rings (SSSR count). The fourth-order valence-corrected chi connectivity index (χ4v) is 2.03. The third kappa shape index (κ3) is 4.23. The number of rotatable bonds is 6. The largest absolute Gasteiger partial charge is 0.436 e. The first-order valence-corrected chi connectivity index (χ1v) is 6.89. The Morgan fingerprint density at radius 3 is 2.67 bits per heavy atom. The van der Waals surface area contributed by atoms with E-state index in [0.29, 0.717) is 12.4 Å². The Bertz CT molecular complexity index is 593. The molecule has 1 aromatic heterocycles. The first-order valence-electron chi connectivity index (χ1n) is 6.89. The van der Waals surface area contributed by atoms with Crippen LogP contribution in [0, 0.1) is 11.6 Å². The maximum atomic E-state index is 13.6. The molecule has 0 bridgehead atoms. The van der Waals surface area contributed by atoms with E-state index in [0.717, 1.165) is 36.2 Å². The van der Waals surface area contributed by atoms with Crippen LogP contribution in [0.5, 0.6) is 11.6 Å². The Balaban J connectivity index is 2.29. The Labute approximate surface area is 123 Å². The van der Waals surface area contributed by atoms with Gasteiger partial charge in [-0.1, -0.05) is 13.3 Å². The van der Waals surface area contributed by atoms with Gasteiger partial charge in [-0.05, 0) is 37.2 Å². The van der Waals surface area contributed by atoms with E-state index in [1.54, 1.807) is 6.07 Å². The van der Waals surface area contributed by atoms with Crippen LogP contribution in [-0.4, -0.2) is 12.0 Å². The molecule has 0 aliphatic rings. The highest BCUT2D eigenvalue weighted by molar-refractivity contribution is 5.32. The zero-order valence-corrected chi connectivity index (χ0v) is 12.1. The molecule has 0 saturated carbocycles. The molecule has 3 nitrogen and oxygen atoms in total. The maximum absolute atomic E-state index is 13.6. The molecular formula is C16H18F2N2O. The number of pyridine rings is 1. The lowest BCUT2D eigenvalue weighted by Crippen LogP contribution is -2.07. The van der Waals surface area contributed by atoms with Crippen molar-refractivity contribution in [3.8, 4) is 11.6 Å². The van der Waals surface area contributed by atoms with E-state index in [2.05, 4.69) is 17.2 Å². The van der Waals surface area contributed by atoms with Crippen LogP contribution < -0.4 is 10.1 Å². The molecule has 0 spiro atoms. The molecule has 0 unspecified atom stereocenters. The summed E-state index contributed by atoms with van der Waals surface area (Å²) in [7, 11) is 1.85. The number of aromatic nitrogens is 1. The van der Waals surface area contributed by atoms with E-state index in [1.165, 1.54) is 6.07 Å². The molecule has 0 aliphatic heterocycles. The van der Waals surface area contributed by atoms with Gasteiger partial charge in [0, 0.05) is 24.4 Å². The maximum Gasteiger partial charge on any atom is 0.219 e. The van der Waals surface area contributed by atoms with Gasteiger partial charge in [-0.2, -0.15) is 0 Å². The third-order valence-electron chi connectivity index (χ3n) is 2.91. The Kier molecular flexibility index (Phi) is 5.22. The van der Waals surface area contributed by atoms with E-state index < -0.39 is 11.6 Å². The Hall–Kier alpha value is -2.01. The average molecular weight is 292 g/mol. The number of benzene rings is 1. The highest BCUT2D eigenvalue weighted by Gasteiger charge is 2.09. The van der Waals surface area contributed by atoms with Gasteiger partial charge in [-0.25, -0.2) is 13.8 Å². The number of hydrogen-bond donors (Lipinski definition) is 1. The summed E-state index contributed by atoms with van der Waals surface area (Å²) in [5, 5.41) is 3.06. The van der Waals surface area contributed by atoms with Gasteiger partial charge in [0.25, 0.3) is 0 Å². The molecular weight excluding hydrogens is 274 g/mol. The number of halogens is 2. The summed E-state index contributed by atoms with van der Waals surface area (Å²) in [6.45, 7) is 2.73. The van der Waals surface area contributed by atoms with Gasteiger partial charge in [0.05, 0.1) is 0 Å². The number of aryl methyl sites for hydroxylation is 1. The van der Waals surface area contributed by atoms with Crippen LogP contribution >= 0.6 is 0 Å². The molecule has 2 aromatic rings. The highest BCUT2D eigenvalue weighted by Crippen LogP contribution is 2.25.